The Kier molecular flexibility index (Phi) is 4.94. The average Bonchev–Trinajstić information content (AvgIpc) is 2.83. The van der Waals surface area contributed by atoms with Crippen LogP contribution in [0, 0.1) is 19.7 Å². The van der Waals surface area contributed by atoms with Crippen molar-refractivity contribution in [3.8, 4) is 0 Å². The van der Waals surface area contributed by atoms with E-state index in [4.69, 9.17) is 0 Å². The summed E-state index contributed by atoms with van der Waals surface area (Å²) in [5, 5.41) is 2.55. The zero-order chi connectivity index (χ0) is 19.7. The number of benzene rings is 2. The predicted octanol–water partition coefficient (Wildman–Crippen LogP) is 3.24. The lowest BCUT2D eigenvalue weighted by atomic mass is 10.2. The molecule has 4 amide bonds. The fraction of sp³-hybridized carbons (Fsp3) is 0.250. The third kappa shape index (κ3) is 3.67. The zero-order valence-electron chi connectivity index (χ0n) is 15.3. The largest absolute Gasteiger partial charge is 0.332 e. The molecule has 1 N–H and O–H groups in total. The maximum Gasteiger partial charge on any atom is 0.332 e. The van der Waals surface area contributed by atoms with E-state index < -0.39 is 36.2 Å². The summed E-state index contributed by atoms with van der Waals surface area (Å²) in [6, 6.07) is 9.99. The van der Waals surface area contributed by atoms with Gasteiger partial charge in [-0.3, -0.25) is 19.4 Å². The van der Waals surface area contributed by atoms with Crippen molar-refractivity contribution in [2.45, 2.75) is 26.8 Å². The molecule has 140 valence electrons. The molecule has 0 aliphatic carbocycles. The van der Waals surface area contributed by atoms with E-state index in [1.54, 1.807) is 26.0 Å². The van der Waals surface area contributed by atoms with E-state index in [0.717, 1.165) is 10.5 Å². The Bertz CT molecular complexity index is 911. The molecule has 0 aromatic heterocycles. The van der Waals surface area contributed by atoms with Crippen LogP contribution in [0.5, 0.6) is 0 Å². The molecule has 1 heterocycles. The van der Waals surface area contributed by atoms with Crippen molar-refractivity contribution in [2.75, 3.05) is 16.8 Å². The molecule has 0 spiro atoms. The summed E-state index contributed by atoms with van der Waals surface area (Å²) in [6.45, 7) is 4.84. The number of rotatable bonds is 4. The molecule has 0 saturated carbocycles. The van der Waals surface area contributed by atoms with Crippen molar-refractivity contribution in [3.05, 3.63) is 59.4 Å². The van der Waals surface area contributed by atoms with Crippen LogP contribution >= 0.6 is 0 Å². The van der Waals surface area contributed by atoms with Crippen LogP contribution in [0.25, 0.3) is 0 Å². The Morgan fingerprint density at radius 1 is 1.11 bits per heavy atom. The summed E-state index contributed by atoms with van der Waals surface area (Å²) in [5.74, 6) is -1.50. The second kappa shape index (κ2) is 7.19. The lowest BCUT2D eigenvalue weighted by Gasteiger charge is -2.19. The number of imide groups is 1. The van der Waals surface area contributed by atoms with Gasteiger partial charge in [0.1, 0.15) is 18.4 Å². The molecule has 2 aromatic carbocycles. The lowest BCUT2D eigenvalue weighted by Crippen LogP contribution is -2.39. The summed E-state index contributed by atoms with van der Waals surface area (Å²) >= 11 is 0. The summed E-state index contributed by atoms with van der Waals surface area (Å²) in [6.07, 6.45) is 0. The zero-order valence-corrected chi connectivity index (χ0v) is 15.3. The number of carbonyl (C=O) groups excluding carboxylic acids is 3. The minimum absolute atomic E-state index is 0.308. The van der Waals surface area contributed by atoms with Crippen LogP contribution in [0.15, 0.2) is 42.5 Å². The SMILES string of the molecule is Cc1ccc(N2C(=O)N(CC(=O)Nc3cc(F)ccc3C)C(=O)[C@H]2C)cc1. The van der Waals surface area contributed by atoms with Crippen molar-refractivity contribution in [3.63, 3.8) is 0 Å². The Morgan fingerprint density at radius 2 is 1.78 bits per heavy atom. The molecule has 2 aromatic rings. The van der Waals surface area contributed by atoms with Crippen molar-refractivity contribution >= 4 is 29.2 Å². The number of amides is 4. The fourth-order valence-corrected chi connectivity index (χ4v) is 2.97. The number of hydrogen-bond acceptors (Lipinski definition) is 3. The van der Waals surface area contributed by atoms with E-state index in [-0.39, 0.29) is 0 Å². The summed E-state index contributed by atoms with van der Waals surface area (Å²) in [4.78, 5) is 39.8. The van der Waals surface area contributed by atoms with Crippen molar-refractivity contribution < 1.29 is 18.8 Å². The standard InChI is InChI=1S/C20H20FN3O3/c1-12-4-8-16(9-5-12)24-14(3)19(26)23(20(24)27)11-18(25)22-17-10-15(21)7-6-13(17)2/h4-10,14H,11H2,1-3H3,(H,22,25)/t14-/m1/s1. The Morgan fingerprint density at radius 3 is 2.44 bits per heavy atom. The molecule has 0 bridgehead atoms. The quantitative estimate of drug-likeness (QED) is 0.841. The van der Waals surface area contributed by atoms with Crippen LogP contribution in [-0.2, 0) is 9.59 Å². The second-order valence-corrected chi connectivity index (χ2v) is 6.60. The molecule has 1 fully saturated rings. The van der Waals surface area contributed by atoms with Crippen LogP contribution < -0.4 is 10.2 Å². The number of hydrogen-bond donors (Lipinski definition) is 1. The first-order valence-corrected chi connectivity index (χ1v) is 8.55. The van der Waals surface area contributed by atoms with Gasteiger partial charge in [-0.15, -0.1) is 0 Å². The van der Waals surface area contributed by atoms with Gasteiger partial charge < -0.3 is 5.32 Å². The van der Waals surface area contributed by atoms with E-state index in [0.29, 0.717) is 16.9 Å². The molecule has 6 nitrogen and oxygen atoms in total. The molecule has 3 rings (SSSR count). The number of halogens is 1. The normalized spacial score (nSPS) is 16.8. The lowest BCUT2D eigenvalue weighted by molar-refractivity contribution is -0.130. The Hall–Kier alpha value is -3.22. The van der Waals surface area contributed by atoms with Crippen LogP contribution in [0.4, 0.5) is 20.6 Å². The summed E-state index contributed by atoms with van der Waals surface area (Å²) in [5.41, 5.74) is 2.61. The molecular weight excluding hydrogens is 349 g/mol. The van der Waals surface area contributed by atoms with Crippen LogP contribution in [0.3, 0.4) is 0 Å². The number of urea groups is 1. The first kappa shape index (κ1) is 18.6. The van der Waals surface area contributed by atoms with Crippen LogP contribution in [-0.4, -0.2) is 35.3 Å². The molecule has 1 atom stereocenters. The summed E-state index contributed by atoms with van der Waals surface area (Å²) < 4.78 is 13.4. The van der Waals surface area contributed by atoms with Gasteiger partial charge in [0.2, 0.25) is 5.91 Å². The highest BCUT2D eigenvalue weighted by atomic mass is 19.1. The first-order valence-electron chi connectivity index (χ1n) is 8.55. The number of nitrogens with zero attached hydrogens (tertiary/aromatic N) is 2. The Labute approximate surface area is 156 Å². The van der Waals surface area contributed by atoms with E-state index in [9.17, 15) is 18.8 Å². The highest BCUT2D eigenvalue weighted by Crippen LogP contribution is 2.26. The van der Waals surface area contributed by atoms with Gasteiger partial charge in [-0.05, 0) is 50.6 Å². The van der Waals surface area contributed by atoms with Gasteiger partial charge in [0, 0.05) is 11.4 Å². The number of anilines is 2. The molecule has 1 aliphatic heterocycles. The van der Waals surface area contributed by atoms with E-state index in [2.05, 4.69) is 5.32 Å². The van der Waals surface area contributed by atoms with Crippen LogP contribution in [0.1, 0.15) is 18.1 Å². The smallest absolute Gasteiger partial charge is 0.324 e. The van der Waals surface area contributed by atoms with Crippen molar-refractivity contribution in [2.24, 2.45) is 0 Å². The molecule has 1 aliphatic rings. The number of nitrogens with one attached hydrogen (secondary N) is 1. The van der Waals surface area contributed by atoms with Crippen molar-refractivity contribution in [1.82, 2.24) is 4.90 Å². The minimum atomic E-state index is -0.705. The van der Waals surface area contributed by atoms with Crippen molar-refractivity contribution in [1.29, 1.82) is 0 Å². The molecule has 0 radical (unpaired) electrons. The van der Waals surface area contributed by atoms with Gasteiger partial charge in [0.25, 0.3) is 5.91 Å². The van der Waals surface area contributed by atoms with Crippen LogP contribution in [0.2, 0.25) is 0 Å². The van der Waals surface area contributed by atoms with Gasteiger partial charge in [-0.2, -0.15) is 0 Å². The monoisotopic (exact) mass is 369 g/mol. The van der Waals surface area contributed by atoms with Gasteiger partial charge in [-0.25, -0.2) is 9.18 Å². The first-order chi connectivity index (χ1) is 12.8. The molecule has 7 heteroatoms. The highest BCUT2D eigenvalue weighted by molar-refractivity contribution is 6.16. The number of carbonyl (C=O) groups is 3. The third-order valence-electron chi connectivity index (χ3n) is 4.54. The molecular formula is C20H20FN3O3. The Balaban J connectivity index is 1.75. The topological polar surface area (TPSA) is 69.7 Å². The molecule has 0 unspecified atom stereocenters. The van der Waals surface area contributed by atoms with Gasteiger partial charge in [-0.1, -0.05) is 23.8 Å². The second-order valence-electron chi connectivity index (χ2n) is 6.60. The van der Waals surface area contributed by atoms with Gasteiger partial charge >= 0.3 is 6.03 Å². The summed E-state index contributed by atoms with van der Waals surface area (Å²) in [7, 11) is 0. The molecule has 1 saturated heterocycles. The fourth-order valence-electron chi connectivity index (χ4n) is 2.97. The minimum Gasteiger partial charge on any atom is -0.324 e. The maximum absolute atomic E-state index is 13.4. The maximum atomic E-state index is 13.4. The molecule has 27 heavy (non-hydrogen) atoms. The third-order valence-corrected chi connectivity index (χ3v) is 4.54. The van der Waals surface area contributed by atoms with E-state index in [1.165, 1.54) is 23.1 Å². The van der Waals surface area contributed by atoms with Gasteiger partial charge in [0.05, 0.1) is 0 Å². The number of aryl methyl sites for hydroxylation is 2. The van der Waals surface area contributed by atoms with Gasteiger partial charge in [0.15, 0.2) is 0 Å². The van der Waals surface area contributed by atoms with E-state index in [1.807, 2.05) is 19.1 Å². The average molecular weight is 369 g/mol. The predicted molar refractivity (Wildman–Crippen MR) is 100.0 cm³/mol. The van der Waals surface area contributed by atoms with E-state index >= 15 is 0 Å². The highest BCUT2D eigenvalue weighted by Gasteiger charge is 2.44.